The number of unbranched alkanes of at least 4 members (excludes halogenated alkanes) is 4. The predicted octanol–water partition coefficient (Wildman–Crippen LogP) is 5.48. The Morgan fingerprint density at radius 3 is 2.00 bits per heavy atom. The largest absolute Gasteiger partial charge is 0.221 e. The highest BCUT2D eigenvalue weighted by Gasteiger charge is 2.25. The van der Waals surface area contributed by atoms with Gasteiger partial charge in [-0.3, -0.25) is 0 Å². The molecule has 0 aromatic heterocycles. The summed E-state index contributed by atoms with van der Waals surface area (Å²) < 4.78 is 0. The van der Waals surface area contributed by atoms with E-state index in [0.717, 1.165) is 0 Å². The summed E-state index contributed by atoms with van der Waals surface area (Å²) in [5.74, 6) is 0. The van der Waals surface area contributed by atoms with E-state index in [1.807, 2.05) is 0 Å². The lowest BCUT2D eigenvalue weighted by Gasteiger charge is -2.16. The van der Waals surface area contributed by atoms with Crippen LogP contribution in [0, 0.1) is 0 Å². The Labute approximate surface area is 102 Å². The standard InChI is InChI=1S/C10H22ClISi/c1-3-5-7-8-10-13(11,12)9-6-4-2/h3-10H2,1-2H3. The van der Waals surface area contributed by atoms with Crippen LogP contribution in [-0.2, 0) is 0 Å². The average molecular weight is 333 g/mol. The van der Waals surface area contributed by atoms with Crippen molar-refractivity contribution in [2.24, 2.45) is 0 Å². The zero-order valence-electron chi connectivity index (χ0n) is 8.91. The van der Waals surface area contributed by atoms with Crippen molar-refractivity contribution < 1.29 is 0 Å². The van der Waals surface area contributed by atoms with Crippen LogP contribution in [0.15, 0.2) is 0 Å². The number of rotatable bonds is 8. The second-order valence-corrected chi connectivity index (χ2v) is 16.8. The maximum absolute atomic E-state index is 6.52. The summed E-state index contributed by atoms with van der Waals surface area (Å²) in [7, 11) is 0. The van der Waals surface area contributed by atoms with Gasteiger partial charge in [0.25, 0.3) is 0 Å². The minimum Gasteiger partial charge on any atom is -0.153 e. The van der Waals surface area contributed by atoms with E-state index < -0.39 is 4.88 Å². The van der Waals surface area contributed by atoms with Gasteiger partial charge in [0.2, 0.25) is 4.88 Å². The summed E-state index contributed by atoms with van der Waals surface area (Å²) >= 11 is 9.07. The van der Waals surface area contributed by atoms with Crippen LogP contribution in [0.1, 0.15) is 52.4 Å². The molecule has 0 aliphatic rings. The molecular weight excluding hydrogens is 311 g/mol. The van der Waals surface area contributed by atoms with Crippen molar-refractivity contribution >= 4 is 37.8 Å². The van der Waals surface area contributed by atoms with Gasteiger partial charge in [-0.1, -0.05) is 74.2 Å². The first-order valence-electron chi connectivity index (χ1n) is 5.50. The van der Waals surface area contributed by atoms with Crippen molar-refractivity contribution in [3.63, 3.8) is 0 Å². The highest BCUT2D eigenvalue weighted by molar-refractivity contribution is 14.1. The van der Waals surface area contributed by atoms with E-state index in [2.05, 4.69) is 35.6 Å². The van der Waals surface area contributed by atoms with Crippen molar-refractivity contribution in [2.75, 3.05) is 0 Å². The third-order valence-electron chi connectivity index (χ3n) is 2.29. The minimum absolute atomic E-state index is 1.29. The van der Waals surface area contributed by atoms with E-state index in [1.54, 1.807) is 0 Å². The summed E-state index contributed by atoms with van der Waals surface area (Å²) in [5, 5.41) is 0. The summed E-state index contributed by atoms with van der Waals surface area (Å²) in [4.78, 5) is -1.33. The Hall–Kier alpha value is 1.24. The maximum Gasteiger partial charge on any atom is 0.221 e. The SMILES string of the molecule is CCCCCC[Si](Cl)(I)CCCC. The van der Waals surface area contributed by atoms with E-state index in [0.29, 0.717) is 0 Å². The van der Waals surface area contributed by atoms with Crippen LogP contribution in [0.25, 0.3) is 0 Å². The molecule has 0 spiro atoms. The summed E-state index contributed by atoms with van der Waals surface area (Å²) in [5.41, 5.74) is 0. The van der Waals surface area contributed by atoms with E-state index in [4.69, 9.17) is 11.1 Å². The van der Waals surface area contributed by atoms with Gasteiger partial charge in [0.15, 0.2) is 0 Å². The van der Waals surface area contributed by atoms with Gasteiger partial charge in [0, 0.05) is 0 Å². The van der Waals surface area contributed by atoms with Crippen molar-refractivity contribution in [2.45, 2.75) is 64.5 Å². The Kier molecular flexibility index (Phi) is 9.35. The molecule has 3 heteroatoms. The molecule has 80 valence electrons. The number of hydrogen-bond acceptors (Lipinski definition) is 0. The molecule has 0 aliphatic carbocycles. The quantitative estimate of drug-likeness (QED) is 0.239. The summed E-state index contributed by atoms with van der Waals surface area (Å²) in [6, 6.07) is 2.62. The second-order valence-electron chi connectivity index (χ2n) is 3.77. The molecule has 0 fully saturated rings. The Morgan fingerprint density at radius 2 is 1.46 bits per heavy atom. The molecule has 0 saturated heterocycles. The Morgan fingerprint density at radius 1 is 0.923 bits per heavy atom. The second kappa shape index (κ2) is 8.54. The van der Waals surface area contributed by atoms with Crippen LogP contribution in [0.2, 0.25) is 12.1 Å². The van der Waals surface area contributed by atoms with Gasteiger partial charge >= 0.3 is 0 Å². The minimum atomic E-state index is -1.33. The maximum atomic E-state index is 6.52. The molecule has 0 bridgehead atoms. The lowest BCUT2D eigenvalue weighted by molar-refractivity contribution is 0.698. The molecule has 0 saturated carbocycles. The van der Waals surface area contributed by atoms with E-state index >= 15 is 0 Å². The van der Waals surface area contributed by atoms with Crippen molar-refractivity contribution in [1.29, 1.82) is 0 Å². The zero-order chi connectivity index (χ0) is 10.2. The Balaban J connectivity index is 3.39. The van der Waals surface area contributed by atoms with Crippen LogP contribution in [0.4, 0.5) is 0 Å². The first kappa shape index (κ1) is 14.2. The molecule has 0 amide bonds. The average Bonchev–Trinajstić information content (AvgIpc) is 2.09. The van der Waals surface area contributed by atoms with Crippen molar-refractivity contribution in [1.82, 2.24) is 0 Å². The fourth-order valence-electron chi connectivity index (χ4n) is 1.37. The molecule has 0 radical (unpaired) electrons. The molecule has 1 unspecified atom stereocenters. The fraction of sp³-hybridized carbons (Fsp3) is 1.00. The zero-order valence-corrected chi connectivity index (χ0v) is 12.8. The van der Waals surface area contributed by atoms with Crippen molar-refractivity contribution in [3.8, 4) is 0 Å². The molecule has 0 aromatic carbocycles. The number of halogens is 2. The van der Waals surface area contributed by atoms with Crippen LogP contribution in [0.3, 0.4) is 0 Å². The van der Waals surface area contributed by atoms with Crippen LogP contribution in [-0.4, -0.2) is 4.88 Å². The molecule has 0 rings (SSSR count). The summed E-state index contributed by atoms with van der Waals surface area (Å²) in [6.45, 7) is 4.50. The van der Waals surface area contributed by atoms with Gasteiger partial charge in [0.05, 0.1) is 0 Å². The lowest BCUT2D eigenvalue weighted by Crippen LogP contribution is -2.16. The van der Waals surface area contributed by atoms with E-state index in [9.17, 15) is 0 Å². The molecule has 13 heavy (non-hydrogen) atoms. The Bertz CT molecular complexity index is 117. The van der Waals surface area contributed by atoms with Gasteiger partial charge in [0.1, 0.15) is 0 Å². The third-order valence-corrected chi connectivity index (χ3v) is 8.83. The molecule has 0 nitrogen and oxygen atoms in total. The monoisotopic (exact) mass is 332 g/mol. The first-order chi connectivity index (χ1) is 6.12. The third kappa shape index (κ3) is 9.54. The van der Waals surface area contributed by atoms with Gasteiger partial charge < -0.3 is 0 Å². The van der Waals surface area contributed by atoms with Crippen LogP contribution in [0.5, 0.6) is 0 Å². The van der Waals surface area contributed by atoms with Crippen molar-refractivity contribution in [3.05, 3.63) is 0 Å². The molecule has 0 N–H and O–H groups in total. The molecular formula is C10H22ClISi. The molecule has 0 aromatic rings. The van der Waals surface area contributed by atoms with Gasteiger partial charge in [-0.2, -0.15) is 11.1 Å². The smallest absolute Gasteiger partial charge is 0.153 e. The molecule has 0 heterocycles. The first-order valence-corrected chi connectivity index (χ1v) is 12.0. The highest BCUT2D eigenvalue weighted by atomic mass is 127. The van der Waals surface area contributed by atoms with Gasteiger partial charge in [-0.25, -0.2) is 0 Å². The van der Waals surface area contributed by atoms with Crippen LogP contribution >= 0.6 is 32.9 Å². The predicted molar refractivity (Wildman–Crippen MR) is 74.3 cm³/mol. The topological polar surface area (TPSA) is 0 Å². The molecule has 1 atom stereocenters. The van der Waals surface area contributed by atoms with E-state index in [-0.39, 0.29) is 0 Å². The van der Waals surface area contributed by atoms with Gasteiger partial charge in [-0.15, -0.1) is 0 Å². The highest BCUT2D eigenvalue weighted by Crippen LogP contribution is 2.32. The van der Waals surface area contributed by atoms with Crippen LogP contribution < -0.4 is 0 Å². The van der Waals surface area contributed by atoms with E-state index in [1.165, 1.54) is 50.6 Å². The summed E-state index contributed by atoms with van der Waals surface area (Å²) in [6.07, 6.45) is 8.06. The normalized spacial score (nSPS) is 15.7. The van der Waals surface area contributed by atoms with Gasteiger partial charge in [-0.05, 0) is 12.1 Å². The molecule has 0 aliphatic heterocycles. The lowest BCUT2D eigenvalue weighted by atomic mass is 10.2. The number of hydrogen-bond donors (Lipinski definition) is 0. The fourth-order valence-corrected chi connectivity index (χ4v) is 6.35.